The minimum absolute atomic E-state index is 0.355. The van der Waals surface area contributed by atoms with Crippen molar-refractivity contribution in [3.63, 3.8) is 0 Å². The molecule has 1 saturated heterocycles. The van der Waals surface area contributed by atoms with Gasteiger partial charge in [-0.15, -0.1) is 11.3 Å². The SMILES string of the molecule is Cc1ccc(S(=O)(=O)N2CCN(c3nc(CCc4ccccc4)nc4sc(C)c(C)c34)CC2)cc1. The Hall–Kier alpha value is -2.81. The lowest BCUT2D eigenvalue weighted by molar-refractivity contribution is 0.384. The molecule has 182 valence electrons. The summed E-state index contributed by atoms with van der Waals surface area (Å²) in [4.78, 5) is 14.8. The number of aryl methyl sites for hydroxylation is 5. The Morgan fingerprint density at radius 2 is 1.54 bits per heavy atom. The number of fused-ring (bicyclic) bond motifs is 1. The summed E-state index contributed by atoms with van der Waals surface area (Å²) in [6.07, 6.45) is 1.66. The maximum Gasteiger partial charge on any atom is 0.243 e. The van der Waals surface area contributed by atoms with Crippen LogP contribution in [0, 0.1) is 20.8 Å². The number of aromatic nitrogens is 2. The number of nitrogens with zero attached hydrogens (tertiary/aromatic N) is 4. The Morgan fingerprint density at radius 3 is 2.23 bits per heavy atom. The summed E-state index contributed by atoms with van der Waals surface area (Å²) in [5.74, 6) is 1.78. The Balaban J connectivity index is 1.39. The fourth-order valence-corrected chi connectivity index (χ4v) is 6.98. The summed E-state index contributed by atoms with van der Waals surface area (Å²) < 4.78 is 27.9. The Morgan fingerprint density at radius 1 is 0.857 bits per heavy atom. The molecule has 8 heteroatoms. The zero-order valence-corrected chi connectivity index (χ0v) is 22.0. The van der Waals surface area contributed by atoms with E-state index in [0.717, 1.165) is 40.3 Å². The monoisotopic (exact) mass is 506 g/mol. The Bertz CT molecular complexity index is 1440. The van der Waals surface area contributed by atoms with Crippen LogP contribution in [0.25, 0.3) is 10.2 Å². The first kappa shape index (κ1) is 23.9. The molecule has 5 rings (SSSR count). The summed E-state index contributed by atoms with van der Waals surface area (Å²) in [7, 11) is -3.50. The molecule has 0 N–H and O–H groups in total. The van der Waals surface area contributed by atoms with Crippen LogP contribution < -0.4 is 4.90 Å². The zero-order chi connectivity index (χ0) is 24.6. The average Bonchev–Trinajstić information content (AvgIpc) is 3.16. The Labute approximate surface area is 211 Å². The van der Waals surface area contributed by atoms with Crippen LogP contribution in [-0.4, -0.2) is 48.9 Å². The van der Waals surface area contributed by atoms with Crippen LogP contribution >= 0.6 is 11.3 Å². The molecule has 1 aliphatic rings. The normalized spacial score (nSPS) is 15.1. The van der Waals surface area contributed by atoms with Crippen molar-refractivity contribution < 1.29 is 8.42 Å². The number of anilines is 1. The second kappa shape index (κ2) is 9.68. The first-order valence-electron chi connectivity index (χ1n) is 12.0. The van der Waals surface area contributed by atoms with Crippen molar-refractivity contribution in [3.05, 3.63) is 82.0 Å². The third kappa shape index (κ3) is 4.83. The van der Waals surface area contributed by atoms with Gasteiger partial charge in [0, 0.05) is 37.5 Å². The Kier molecular flexibility index (Phi) is 6.61. The average molecular weight is 507 g/mol. The van der Waals surface area contributed by atoms with Crippen molar-refractivity contribution in [2.75, 3.05) is 31.1 Å². The summed E-state index contributed by atoms with van der Waals surface area (Å²) in [6, 6.07) is 17.5. The number of rotatable bonds is 6. The third-order valence-corrected chi connectivity index (χ3v) is 9.75. The van der Waals surface area contributed by atoms with Crippen LogP contribution in [-0.2, 0) is 22.9 Å². The molecule has 0 radical (unpaired) electrons. The van der Waals surface area contributed by atoms with E-state index in [-0.39, 0.29) is 0 Å². The van der Waals surface area contributed by atoms with Gasteiger partial charge in [0.25, 0.3) is 0 Å². The molecule has 2 aromatic heterocycles. The van der Waals surface area contributed by atoms with Crippen LogP contribution in [0.15, 0.2) is 59.5 Å². The van der Waals surface area contributed by atoms with Crippen LogP contribution in [0.3, 0.4) is 0 Å². The lowest BCUT2D eigenvalue weighted by Crippen LogP contribution is -2.49. The second-order valence-electron chi connectivity index (χ2n) is 9.12. The molecule has 1 aliphatic heterocycles. The first-order valence-corrected chi connectivity index (χ1v) is 14.2. The molecule has 0 unspecified atom stereocenters. The summed E-state index contributed by atoms with van der Waals surface area (Å²) in [5.41, 5.74) is 3.53. The lowest BCUT2D eigenvalue weighted by atomic mass is 10.1. The smallest absolute Gasteiger partial charge is 0.243 e. The van der Waals surface area contributed by atoms with E-state index in [1.807, 2.05) is 25.1 Å². The fourth-order valence-electron chi connectivity index (χ4n) is 4.51. The van der Waals surface area contributed by atoms with Crippen molar-refractivity contribution in [1.82, 2.24) is 14.3 Å². The number of thiophene rings is 1. The van der Waals surface area contributed by atoms with E-state index in [1.54, 1.807) is 27.8 Å². The van der Waals surface area contributed by atoms with E-state index in [1.165, 1.54) is 16.0 Å². The van der Waals surface area contributed by atoms with Gasteiger partial charge in [-0.25, -0.2) is 18.4 Å². The van der Waals surface area contributed by atoms with E-state index in [2.05, 4.69) is 43.0 Å². The van der Waals surface area contributed by atoms with Gasteiger partial charge >= 0.3 is 0 Å². The minimum atomic E-state index is -3.50. The number of sulfonamides is 1. The van der Waals surface area contributed by atoms with E-state index in [9.17, 15) is 8.42 Å². The highest BCUT2D eigenvalue weighted by atomic mass is 32.2. The van der Waals surface area contributed by atoms with Crippen LogP contribution in [0.5, 0.6) is 0 Å². The predicted molar refractivity (Wildman–Crippen MR) is 143 cm³/mol. The van der Waals surface area contributed by atoms with Gasteiger partial charge in [-0.1, -0.05) is 48.0 Å². The molecule has 0 atom stereocenters. The molecule has 1 fully saturated rings. The largest absolute Gasteiger partial charge is 0.353 e. The maximum atomic E-state index is 13.2. The highest BCUT2D eigenvalue weighted by Gasteiger charge is 2.30. The minimum Gasteiger partial charge on any atom is -0.353 e. The van der Waals surface area contributed by atoms with Gasteiger partial charge in [-0.3, -0.25) is 0 Å². The third-order valence-electron chi connectivity index (χ3n) is 6.73. The zero-order valence-electron chi connectivity index (χ0n) is 20.4. The molecule has 0 amide bonds. The lowest BCUT2D eigenvalue weighted by Gasteiger charge is -2.35. The molecule has 0 aliphatic carbocycles. The van der Waals surface area contributed by atoms with Crippen molar-refractivity contribution in [3.8, 4) is 0 Å². The molecule has 2 aromatic carbocycles. The van der Waals surface area contributed by atoms with Gasteiger partial charge in [-0.2, -0.15) is 4.31 Å². The number of piperazine rings is 1. The molecule has 3 heterocycles. The molecule has 4 aromatic rings. The predicted octanol–water partition coefficient (Wildman–Crippen LogP) is 4.91. The van der Waals surface area contributed by atoms with Gasteiger partial charge in [-0.05, 0) is 50.5 Å². The molecular weight excluding hydrogens is 476 g/mol. The van der Waals surface area contributed by atoms with Crippen molar-refractivity contribution >= 4 is 37.4 Å². The fraction of sp³-hybridized carbons (Fsp3) is 0.333. The van der Waals surface area contributed by atoms with Gasteiger partial charge < -0.3 is 4.90 Å². The topological polar surface area (TPSA) is 66.4 Å². The number of hydrogen-bond donors (Lipinski definition) is 0. The van der Waals surface area contributed by atoms with Crippen molar-refractivity contribution in [2.24, 2.45) is 0 Å². The summed E-state index contributed by atoms with van der Waals surface area (Å²) in [6.45, 7) is 8.28. The highest BCUT2D eigenvalue weighted by molar-refractivity contribution is 7.89. The van der Waals surface area contributed by atoms with Gasteiger partial charge in [0.05, 0.1) is 10.3 Å². The second-order valence-corrected chi connectivity index (χ2v) is 12.3. The van der Waals surface area contributed by atoms with Crippen LogP contribution in [0.2, 0.25) is 0 Å². The quantitative estimate of drug-likeness (QED) is 0.372. The summed E-state index contributed by atoms with van der Waals surface area (Å²) >= 11 is 1.71. The molecule has 35 heavy (non-hydrogen) atoms. The van der Waals surface area contributed by atoms with E-state index >= 15 is 0 Å². The maximum absolute atomic E-state index is 13.2. The summed E-state index contributed by atoms with van der Waals surface area (Å²) in [5, 5.41) is 1.10. The molecule has 0 bridgehead atoms. The van der Waals surface area contributed by atoms with Crippen LogP contribution in [0.1, 0.15) is 27.4 Å². The first-order chi connectivity index (χ1) is 16.8. The van der Waals surface area contributed by atoms with Crippen molar-refractivity contribution in [1.29, 1.82) is 0 Å². The number of benzene rings is 2. The molecule has 6 nitrogen and oxygen atoms in total. The van der Waals surface area contributed by atoms with Crippen LogP contribution in [0.4, 0.5) is 5.82 Å². The van der Waals surface area contributed by atoms with Gasteiger partial charge in [0.15, 0.2) is 0 Å². The van der Waals surface area contributed by atoms with E-state index in [4.69, 9.17) is 9.97 Å². The molecule has 0 spiro atoms. The standard InChI is InChI=1S/C27H30N4O2S2/c1-19-9-12-23(13-10-19)35(32,33)31-17-15-30(16-18-31)26-25-20(2)21(3)34-27(25)29-24(28-26)14-11-22-7-5-4-6-8-22/h4-10,12-13H,11,14-18H2,1-3H3. The van der Waals surface area contributed by atoms with E-state index in [0.29, 0.717) is 31.1 Å². The number of hydrogen-bond acceptors (Lipinski definition) is 6. The van der Waals surface area contributed by atoms with E-state index < -0.39 is 10.0 Å². The highest BCUT2D eigenvalue weighted by Crippen LogP contribution is 2.36. The van der Waals surface area contributed by atoms with Gasteiger partial charge in [0.1, 0.15) is 16.5 Å². The van der Waals surface area contributed by atoms with Gasteiger partial charge in [0.2, 0.25) is 10.0 Å². The molecule has 0 saturated carbocycles. The molecular formula is C27H30N4O2S2. The van der Waals surface area contributed by atoms with Crippen molar-refractivity contribution in [2.45, 2.75) is 38.5 Å².